The second-order valence-corrected chi connectivity index (χ2v) is 4.26. The number of methoxy groups -OCH3 is 1. The number of nitrogens with one attached hydrogen (secondary N) is 1. The number of amides is 1. The smallest absolute Gasteiger partial charge is 0.248 e. The molecule has 0 aromatic heterocycles. The second-order valence-electron chi connectivity index (χ2n) is 4.26. The molecule has 4 nitrogen and oxygen atoms in total. The maximum Gasteiger partial charge on any atom is 0.248 e. The van der Waals surface area contributed by atoms with Crippen molar-refractivity contribution < 1.29 is 9.53 Å². The van der Waals surface area contributed by atoms with E-state index in [0.717, 1.165) is 5.56 Å². The van der Waals surface area contributed by atoms with Gasteiger partial charge in [-0.3, -0.25) is 4.79 Å². The summed E-state index contributed by atoms with van der Waals surface area (Å²) in [6, 6.07) is 16.2. The number of carbonyl (C=O) groups excluding carboxylic acids is 1. The highest BCUT2D eigenvalue weighted by Crippen LogP contribution is 2.18. The Kier molecular flexibility index (Phi) is 4.73. The van der Waals surface area contributed by atoms with Crippen LogP contribution in [0.2, 0.25) is 0 Å². The molecular formula is C17H14N2O2. The fourth-order valence-corrected chi connectivity index (χ4v) is 1.82. The molecule has 104 valence electrons. The molecule has 0 saturated heterocycles. The molecule has 0 bridgehead atoms. The number of nitriles is 1. The van der Waals surface area contributed by atoms with Crippen LogP contribution in [0.5, 0.6) is 5.75 Å². The van der Waals surface area contributed by atoms with Gasteiger partial charge >= 0.3 is 0 Å². The van der Waals surface area contributed by atoms with Gasteiger partial charge in [-0.15, -0.1) is 0 Å². The molecule has 0 unspecified atom stereocenters. The molecule has 0 heterocycles. The second kappa shape index (κ2) is 6.92. The Hall–Kier alpha value is -3.06. The lowest BCUT2D eigenvalue weighted by Crippen LogP contribution is -2.07. The third-order valence-corrected chi connectivity index (χ3v) is 2.81. The van der Waals surface area contributed by atoms with Crippen LogP contribution >= 0.6 is 0 Å². The summed E-state index contributed by atoms with van der Waals surface area (Å²) in [5.41, 5.74) is 1.91. The summed E-state index contributed by atoms with van der Waals surface area (Å²) >= 11 is 0. The van der Waals surface area contributed by atoms with Crippen LogP contribution in [0.15, 0.2) is 54.6 Å². The molecular weight excluding hydrogens is 264 g/mol. The van der Waals surface area contributed by atoms with Crippen LogP contribution in [0.3, 0.4) is 0 Å². The van der Waals surface area contributed by atoms with Crippen LogP contribution in [-0.2, 0) is 4.79 Å². The van der Waals surface area contributed by atoms with Gasteiger partial charge < -0.3 is 10.1 Å². The Balaban J connectivity index is 2.07. The summed E-state index contributed by atoms with van der Waals surface area (Å²) in [6.07, 6.45) is 3.11. The first-order valence-electron chi connectivity index (χ1n) is 6.35. The number of carbonyl (C=O) groups is 1. The zero-order valence-electron chi connectivity index (χ0n) is 11.5. The highest BCUT2D eigenvalue weighted by Gasteiger charge is 2.01. The van der Waals surface area contributed by atoms with E-state index in [1.54, 1.807) is 37.5 Å². The van der Waals surface area contributed by atoms with E-state index in [1.807, 2.05) is 30.3 Å². The SMILES string of the molecule is COc1ccccc1/C=C/C(=O)Nc1cccc(C#N)c1. The monoisotopic (exact) mass is 278 g/mol. The third-order valence-electron chi connectivity index (χ3n) is 2.81. The average molecular weight is 278 g/mol. The Morgan fingerprint density at radius 1 is 1.24 bits per heavy atom. The topological polar surface area (TPSA) is 62.1 Å². The number of rotatable bonds is 4. The number of hydrogen-bond acceptors (Lipinski definition) is 3. The molecule has 21 heavy (non-hydrogen) atoms. The van der Waals surface area contributed by atoms with Gasteiger partial charge in [0, 0.05) is 17.3 Å². The van der Waals surface area contributed by atoms with Gasteiger partial charge in [-0.25, -0.2) is 0 Å². The van der Waals surface area contributed by atoms with Crippen LogP contribution in [0.25, 0.3) is 6.08 Å². The fourth-order valence-electron chi connectivity index (χ4n) is 1.82. The number of ether oxygens (including phenoxy) is 1. The molecule has 0 saturated carbocycles. The largest absolute Gasteiger partial charge is 0.496 e. The number of nitrogens with zero attached hydrogens (tertiary/aromatic N) is 1. The van der Waals surface area contributed by atoms with Crippen molar-refractivity contribution in [3.8, 4) is 11.8 Å². The first-order chi connectivity index (χ1) is 10.2. The van der Waals surface area contributed by atoms with E-state index in [-0.39, 0.29) is 5.91 Å². The molecule has 0 aliphatic heterocycles. The van der Waals surface area contributed by atoms with Crippen LogP contribution < -0.4 is 10.1 Å². The van der Waals surface area contributed by atoms with E-state index in [2.05, 4.69) is 5.32 Å². The molecule has 2 aromatic rings. The predicted molar refractivity (Wildman–Crippen MR) is 81.8 cm³/mol. The highest BCUT2D eigenvalue weighted by molar-refractivity contribution is 6.02. The molecule has 0 aliphatic carbocycles. The Morgan fingerprint density at radius 3 is 2.81 bits per heavy atom. The summed E-state index contributed by atoms with van der Waals surface area (Å²) in [6.45, 7) is 0. The Morgan fingerprint density at radius 2 is 2.05 bits per heavy atom. The van der Waals surface area contributed by atoms with E-state index in [4.69, 9.17) is 10.00 Å². The van der Waals surface area contributed by atoms with Gasteiger partial charge in [-0.05, 0) is 30.3 Å². The molecule has 0 atom stereocenters. The molecule has 1 N–H and O–H groups in total. The van der Waals surface area contributed by atoms with Crippen molar-refractivity contribution in [1.29, 1.82) is 5.26 Å². The van der Waals surface area contributed by atoms with Gasteiger partial charge in [0.05, 0.1) is 18.7 Å². The lowest BCUT2D eigenvalue weighted by atomic mass is 10.2. The predicted octanol–water partition coefficient (Wildman–Crippen LogP) is 3.22. The number of anilines is 1. The summed E-state index contributed by atoms with van der Waals surface area (Å²) in [4.78, 5) is 11.9. The van der Waals surface area contributed by atoms with Gasteiger partial charge in [0.25, 0.3) is 0 Å². The lowest BCUT2D eigenvalue weighted by Gasteiger charge is -2.04. The van der Waals surface area contributed by atoms with Crippen LogP contribution in [0.4, 0.5) is 5.69 Å². The van der Waals surface area contributed by atoms with E-state index in [9.17, 15) is 4.79 Å². The summed E-state index contributed by atoms with van der Waals surface area (Å²) < 4.78 is 5.21. The van der Waals surface area contributed by atoms with Crippen molar-refractivity contribution in [1.82, 2.24) is 0 Å². The van der Waals surface area contributed by atoms with Gasteiger partial charge in [0.1, 0.15) is 5.75 Å². The highest BCUT2D eigenvalue weighted by atomic mass is 16.5. The quantitative estimate of drug-likeness (QED) is 0.873. The summed E-state index contributed by atoms with van der Waals surface area (Å²) in [5, 5.41) is 11.5. The summed E-state index contributed by atoms with van der Waals surface area (Å²) in [7, 11) is 1.58. The molecule has 2 aromatic carbocycles. The minimum Gasteiger partial charge on any atom is -0.496 e. The summed E-state index contributed by atoms with van der Waals surface area (Å²) in [5.74, 6) is 0.434. The molecule has 0 spiro atoms. The molecule has 4 heteroatoms. The minimum atomic E-state index is -0.268. The molecule has 1 amide bonds. The standard InChI is InChI=1S/C17H14N2O2/c1-21-16-8-3-2-6-14(16)9-10-17(20)19-15-7-4-5-13(11-15)12-18/h2-11H,1H3,(H,19,20)/b10-9+. The van der Waals surface area contributed by atoms with Gasteiger partial charge in [-0.2, -0.15) is 5.26 Å². The molecule has 0 radical (unpaired) electrons. The van der Waals surface area contributed by atoms with Gasteiger partial charge in [0.15, 0.2) is 0 Å². The fraction of sp³-hybridized carbons (Fsp3) is 0.0588. The number of benzene rings is 2. The molecule has 2 rings (SSSR count). The van der Waals surface area contributed by atoms with Crippen LogP contribution in [-0.4, -0.2) is 13.0 Å². The van der Waals surface area contributed by atoms with Crippen molar-refractivity contribution in [2.75, 3.05) is 12.4 Å². The first kappa shape index (κ1) is 14.4. The third kappa shape index (κ3) is 3.95. The number of hydrogen-bond donors (Lipinski definition) is 1. The van der Waals surface area contributed by atoms with Crippen LogP contribution in [0.1, 0.15) is 11.1 Å². The zero-order chi connectivity index (χ0) is 15.1. The van der Waals surface area contributed by atoms with Crippen molar-refractivity contribution in [2.45, 2.75) is 0 Å². The van der Waals surface area contributed by atoms with E-state index < -0.39 is 0 Å². The van der Waals surface area contributed by atoms with E-state index in [1.165, 1.54) is 6.08 Å². The minimum absolute atomic E-state index is 0.268. The first-order valence-corrected chi connectivity index (χ1v) is 6.35. The van der Waals surface area contributed by atoms with Crippen molar-refractivity contribution in [3.63, 3.8) is 0 Å². The van der Waals surface area contributed by atoms with Crippen molar-refractivity contribution >= 4 is 17.7 Å². The van der Waals surface area contributed by atoms with E-state index >= 15 is 0 Å². The van der Waals surface area contributed by atoms with Gasteiger partial charge in [0.2, 0.25) is 5.91 Å². The number of para-hydroxylation sites is 1. The van der Waals surface area contributed by atoms with Crippen molar-refractivity contribution in [3.05, 3.63) is 65.7 Å². The average Bonchev–Trinajstić information content (AvgIpc) is 2.53. The molecule has 0 fully saturated rings. The Labute approximate surface area is 123 Å². The zero-order valence-corrected chi connectivity index (χ0v) is 11.5. The Bertz CT molecular complexity index is 715. The lowest BCUT2D eigenvalue weighted by molar-refractivity contribution is -0.111. The maximum absolute atomic E-state index is 11.9. The van der Waals surface area contributed by atoms with Gasteiger partial charge in [-0.1, -0.05) is 24.3 Å². The van der Waals surface area contributed by atoms with Crippen molar-refractivity contribution in [2.24, 2.45) is 0 Å². The van der Waals surface area contributed by atoms with Crippen LogP contribution in [0, 0.1) is 11.3 Å². The van der Waals surface area contributed by atoms with E-state index in [0.29, 0.717) is 17.0 Å². The molecule has 0 aliphatic rings. The normalized spacial score (nSPS) is 10.1. The maximum atomic E-state index is 11.9.